The van der Waals surface area contributed by atoms with Crippen LogP contribution in [-0.4, -0.2) is 52.2 Å². The van der Waals surface area contributed by atoms with Crippen LogP contribution in [0.4, 0.5) is 0 Å². The average molecular weight is 306 g/mol. The molecule has 124 valence electrons. The molecular weight excluding hydrogens is 276 g/mol. The minimum Gasteiger partial charge on any atom is -0.424 e. The summed E-state index contributed by atoms with van der Waals surface area (Å²) in [6.07, 6.45) is 5.63. The summed E-state index contributed by atoms with van der Waals surface area (Å²) in [6.45, 7) is 12.0. The topological polar surface area (TPSA) is 45.4 Å². The van der Waals surface area contributed by atoms with Gasteiger partial charge < -0.3 is 4.42 Å². The number of rotatable bonds is 4. The summed E-state index contributed by atoms with van der Waals surface area (Å²) in [5.41, 5.74) is 0. The van der Waals surface area contributed by atoms with Crippen LogP contribution in [0.3, 0.4) is 0 Å². The standard InChI is InChI=1S/C17H30N4O/c1-13(2)15-4-6-16(7-5-15)21-10-8-20(9-11-21)12-17-19-18-14(3)22-17/h13,15-16H,4-12H2,1-3H3. The molecule has 22 heavy (non-hydrogen) atoms. The van der Waals surface area contributed by atoms with E-state index in [0.717, 1.165) is 43.4 Å². The van der Waals surface area contributed by atoms with Gasteiger partial charge >= 0.3 is 0 Å². The number of hydrogen-bond donors (Lipinski definition) is 0. The first-order valence-corrected chi connectivity index (χ1v) is 8.87. The summed E-state index contributed by atoms with van der Waals surface area (Å²) in [7, 11) is 0. The molecule has 1 aromatic rings. The van der Waals surface area contributed by atoms with Crippen LogP contribution in [0.25, 0.3) is 0 Å². The predicted molar refractivity (Wildman–Crippen MR) is 86.5 cm³/mol. The maximum atomic E-state index is 5.49. The zero-order valence-corrected chi connectivity index (χ0v) is 14.3. The Hall–Kier alpha value is -0.940. The van der Waals surface area contributed by atoms with E-state index in [0.29, 0.717) is 5.89 Å². The highest BCUT2D eigenvalue weighted by Gasteiger charge is 2.29. The van der Waals surface area contributed by atoms with Crippen molar-refractivity contribution in [2.24, 2.45) is 11.8 Å². The second-order valence-electron chi connectivity index (χ2n) is 7.34. The Morgan fingerprint density at radius 3 is 2.27 bits per heavy atom. The molecule has 2 fully saturated rings. The molecule has 5 nitrogen and oxygen atoms in total. The molecule has 0 aromatic carbocycles. The van der Waals surface area contributed by atoms with Crippen molar-refractivity contribution in [1.82, 2.24) is 20.0 Å². The number of aryl methyl sites for hydroxylation is 1. The molecule has 1 saturated heterocycles. The van der Waals surface area contributed by atoms with Gasteiger partial charge in [0.25, 0.3) is 0 Å². The molecule has 0 amide bonds. The van der Waals surface area contributed by atoms with E-state index < -0.39 is 0 Å². The molecule has 5 heteroatoms. The van der Waals surface area contributed by atoms with E-state index in [1.54, 1.807) is 0 Å². The van der Waals surface area contributed by atoms with Crippen molar-refractivity contribution in [3.63, 3.8) is 0 Å². The molecule has 1 aliphatic carbocycles. The first kappa shape index (κ1) is 15.9. The zero-order valence-electron chi connectivity index (χ0n) is 14.3. The summed E-state index contributed by atoms with van der Waals surface area (Å²) in [5.74, 6) is 3.23. The first-order valence-electron chi connectivity index (χ1n) is 8.87. The molecule has 1 aliphatic heterocycles. The van der Waals surface area contributed by atoms with E-state index in [-0.39, 0.29) is 0 Å². The Kier molecular flexibility index (Phi) is 5.14. The molecule has 1 aromatic heterocycles. The number of hydrogen-bond acceptors (Lipinski definition) is 5. The molecule has 0 atom stereocenters. The highest BCUT2D eigenvalue weighted by Crippen LogP contribution is 2.32. The lowest BCUT2D eigenvalue weighted by atomic mass is 9.79. The van der Waals surface area contributed by atoms with E-state index in [1.807, 2.05) is 6.92 Å². The Morgan fingerprint density at radius 1 is 1.05 bits per heavy atom. The monoisotopic (exact) mass is 306 g/mol. The van der Waals surface area contributed by atoms with Gasteiger partial charge in [0.05, 0.1) is 6.54 Å². The van der Waals surface area contributed by atoms with Crippen LogP contribution in [0, 0.1) is 18.8 Å². The molecule has 0 unspecified atom stereocenters. The molecular formula is C17H30N4O. The summed E-state index contributed by atoms with van der Waals surface area (Å²) in [4.78, 5) is 5.15. The van der Waals surface area contributed by atoms with Gasteiger partial charge in [-0.25, -0.2) is 0 Å². The van der Waals surface area contributed by atoms with Crippen LogP contribution >= 0.6 is 0 Å². The van der Waals surface area contributed by atoms with Crippen molar-refractivity contribution in [3.05, 3.63) is 11.8 Å². The second-order valence-corrected chi connectivity index (χ2v) is 7.34. The molecule has 2 aliphatic rings. The minimum atomic E-state index is 0.663. The molecule has 0 radical (unpaired) electrons. The van der Waals surface area contributed by atoms with Gasteiger partial charge in [-0.15, -0.1) is 10.2 Å². The van der Waals surface area contributed by atoms with E-state index >= 15 is 0 Å². The van der Waals surface area contributed by atoms with E-state index in [1.165, 1.54) is 38.8 Å². The lowest BCUT2D eigenvalue weighted by molar-refractivity contribution is 0.0592. The smallest absolute Gasteiger partial charge is 0.230 e. The van der Waals surface area contributed by atoms with Gasteiger partial charge in [-0.2, -0.15) is 0 Å². The van der Waals surface area contributed by atoms with Crippen molar-refractivity contribution >= 4 is 0 Å². The Labute approximate surface area is 134 Å². The van der Waals surface area contributed by atoms with E-state index in [4.69, 9.17) is 4.42 Å². The van der Waals surface area contributed by atoms with Gasteiger partial charge in [-0.1, -0.05) is 13.8 Å². The SMILES string of the molecule is Cc1nnc(CN2CCN(C3CCC(C(C)C)CC3)CC2)o1. The van der Waals surface area contributed by atoms with Gasteiger partial charge in [0.2, 0.25) is 11.8 Å². The summed E-state index contributed by atoms with van der Waals surface area (Å²) in [6, 6.07) is 0.822. The van der Waals surface area contributed by atoms with Crippen molar-refractivity contribution in [2.45, 2.75) is 59.0 Å². The van der Waals surface area contributed by atoms with Crippen LogP contribution < -0.4 is 0 Å². The van der Waals surface area contributed by atoms with Gasteiger partial charge in [0.1, 0.15) is 0 Å². The van der Waals surface area contributed by atoms with Crippen molar-refractivity contribution < 1.29 is 4.42 Å². The number of piperazine rings is 1. The minimum absolute atomic E-state index is 0.663. The third kappa shape index (κ3) is 3.87. The molecule has 1 saturated carbocycles. The lowest BCUT2D eigenvalue weighted by Crippen LogP contribution is -2.50. The summed E-state index contributed by atoms with van der Waals surface area (Å²) in [5, 5.41) is 8.01. The molecule has 0 N–H and O–H groups in total. The number of aromatic nitrogens is 2. The highest BCUT2D eigenvalue weighted by molar-refractivity contribution is 4.86. The number of nitrogens with zero attached hydrogens (tertiary/aromatic N) is 4. The molecule has 0 bridgehead atoms. The summed E-state index contributed by atoms with van der Waals surface area (Å²) >= 11 is 0. The maximum Gasteiger partial charge on any atom is 0.230 e. The van der Waals surface area contributed by atoms with Gasteiger partial charge in [0, 0.05) is 39.1 Å². The van der Waals surface area contributed by atoms with Gasteiger partial charge in [-0.05, 0) is 37.5 Å². The Bertz CT molecular complexity index is 457. The second kappa shape index (κ2) is 7.09. The van der Waals surface area contributed by atoms with E-state index in [2.05, 4.69) is 33.8 Å². The third-order valence-electron chi connectivity index (χ3n) is 5.53. The van der Waals surface area contributed by atoms with Crippen LogP contribution in [0.1, 0.15) is 51.3 Å². The van der Waals surface area contributed by atoms with Crippen molar-refractivity contribution in [1.29, 1.82) is 0 Å². The average Bonchev–Trinajstić information content (AvgIpc) is 2.93. The van der Waals surface area contributed by atoms with Gasteiger partial charge in [-0.3, -0.25) is 9.80 Å². The Balaban J connectivity index is 1.42. The molecule has 3 rings (SSSR count). The van der Waals surface area contributed by atoms with Gasteiger partial charge in [0.15, 0.2) is 0 Å². The molecule has 0 spiro atoms. The zero-order chi connectivity index (χ0) is 15.5. The highest BCUT2D eigenvalue weighted by atomic mass is 16.4. The van der Waals surface area contributed by atoms with E-state index in [9.17, 15) is 0 Å². The quantitative estimate of drug-likeness (QED) is 0.856. The predicted octanol–water partition coefficient (Wildman–Crippen LogP) is 2.71. The van der Waals surface area contributed by atoms with Crippen LogP contribution in [0.15, 0.2) is 4.42 Å². The largest absolute Gasteiger partial charge is 0.424 e. The van der Waals surface area contributed by atoms with Crippen LogP contribution in [0.5, 0.6) is 0 Å². The Morgan fingerprint density at radius 2 is 1.73 bits per heavy atom. The fourth-order valence-corrected chi connectivity index (χ4v) is 4.01. The van der Waals surface area contributed by atoms with Crippen LogP contribution in [0.2, 0.25) is 0 Å². The third-order valence-corrected chi connectivity index (χ3v) is 5.53. The fourth-order valence-electron chi connectivity index (χ4n) is 4.01. The van der Waals surface area contributed by atoms with Crippen molar-refractivity contribution in [2.75, 3.05) is 26.2 Å². The maximum absolute atomic E-state index is 5.49. The summed E-state index contributed by atoms with van der Waals surface area (Å²) < 4.78 is 5.49. The van der Waals surface area contributed by atoms with Crippen molar-refractivity contribution in [3.8, 4) is 0 Å². The van der Waals surface area contributed by atoms with Crippen LogP contribution in [-0.2, 0) is 6.54 Å². The lowest BCUT2D eigenvalue weighted by Gasteiger charge is -2.42. The molecule has 2 heterocycles. The normalized spacial score (nSPS) is 28.4. The first-order chi connectivity index (χ1) is 10.6. The fraction of sp³-hybridized carbons (Fsp3) is 0.882.